The molecule has 0 unspecified atom stereocenters. The van der Waals surface area contributed by atoms with Gasteiger partial charge in [-0.2, -0.15) is 9.57 Å². The summed E-state index contributed by atoms with van der Waals surface area (Å²) in [6.45, 7) is 3.38. The molecule has 26 heavy (non-hydrogen) atoms. The summed E-state index contributed by atoms with van der Waals surface area (Å²) in [5.41, 5.74) is 1.38. The number of carbonyl (C=O) groups is 1. The van der Waals surface area contributed by atoms with Gasteiger partial charge in [-0.25, -0.2) is 8.42 Å². The topological polar surface area (TPSA) is 97.3 Å². The lowest BCUT2D eigenvalue weighted by Crippen LogP contribution is -2.39. The van der Waals surface area contributed by atoms with Gasteiger partial charge in [-0.1, -0.05) is 5.92 Å². The zero-order valence-corrected chi connectivity index (χ0v) is 15.9. The molecular formula is C18H20N4O3S. The summed E-state index contributed by atoms with van der Waals surface area (Å²) in [7, 11) is -0.995. The molecule has 2 aromatic rings. The van der Waals surface area contributed by atoms with Crippen molar-refractivity contribution in [2.45, 2.75) is 18.7 Å². The van der Waals surface area contributed by atoms with Gasteiger partial charge in [0.05, 0.1) is 18.6 Å². The van der Waals surface area contributed by atoms with Gasteiger partial charge in [0.1, 0.15) is 16.7 Å². The smallest absolute Gasteiger partial charge is 0.245 e. The second-order valence-corrected chi connectivity index (χ2v) is 7.97. The monoisotopic (exact) mass is 372 g/mol. The highest BCUT2D eigenvalue weighted by Crippen LogP contribution is 2.27. The number of benzene rings is 1. The van der Waals surface area contributed by atoms with Crippen molar-refractivity contribution in [3.63, 3.8) is 0 Å². The average Bonchev–Trinajstić information content (AvgIpc) is 3.01. The molecule has 1 amide bonds. The summed E-state index contributed by atoms with van der Waals surface area (Å²) < 4.78 is 27.0. The second kappa shape index (κ2) is 7.61. The Kier molecular flexibility index (Phi) is 5.71. The highest BCUT2D eigenvalue weighted by atomic mass is 32.2. The largest absolute Gasteiger partial charge is 0.345 e. The Morgan fingerprint density at radius 2 is 1.96 bits per heavy atom. The van der Waals surface area contributed by atoms with Gasteiger partial charge in [0.2, 0.25) is 15.9 Å². The molecule has 0 spiro atoms. The Bertz CT molecular complexity index is 1050. The molecule has 0 fully saturated rings. The molecule has 8 heteroatoms. The van der Waals surface area contributed by atoms with Crippen molar-refractivity contribution in [2.24, 2.45) is 0 Å². The van der Waals surface area contributed by atoms with Gasteiger partial charge in [0, 0.05) is 19.5 Å². The van der Waals surface area contributed by atoms with Crippen LogP contribution in [0.3, 0.4) is 0 Å². The zero-order valence-electron chi connectivity index (χ0n) is 15.1. The van der Waals surface area contributed by atoms with Crippen LogP contribution in [0.1, 0.15) is 18.2 Å². The number of nitrogens with one attached hydrogen (secondary N) is 1. The fourth-order valence-electron chi connectivity index (χ4n) is 2.47. The molecule has 0 saturated carbocycles. The molecule has 136 valence electrons. The molecule has 0 aliphatic rings. The summed E-state index contributed by atoms with van der Waals surface area (Å²) in [6.07, 6.45) is 0. The van der Waals surface area contributed by atoms with Crippen molar-refractivity contribution in [1.29, 1.82) is 5.26 Å². The third-order valence-corrected chi connectivity index (χ3v) is 5.75. The van der Waals surface area contributed by atoms with Crippen LogP contribution < -0.4 is 0 Å². The number of rotatable bonds is 5. The van der Waals surface area contributed by atoms with E-state index in [2.05, 4.69) is 16.8 Å². The lowest BCUT2D eigenvalue weighted by atomic mass is 10.2. The summed E-state index contributed by atoms with van der Waals surface area (Å²) in [6, 6.07) is 6.90. The lowest BCUT2D eigenvalue weighted by Gasteiger charge is -2.21. The normalized spacial score (nSPS) is 11.1. The van der Waals surface area contributed by atoms with Gasteiger partial charge in [-0.3, -0.25) is 4.79 Å². The second-order valence-electron chi connectivity index (χ2n) is 5.96. The molecule has 0 bridgehead atoms. The number of amides is 1. The molecule has 2 rings (SSSR count). The number of carbonyl (C=O) groups excluding carboxylic acids is 1. The highest BCUT2D eigenvalue weighted by Gasteiger charge is 2.27. The average molecular weight is 372 g/mol. The number of hydrogen-bond acceptors (Lipinski definition) is 4. The van der Waals surface area contributed by atoms with E-state index in [9.17, 15) is 13.2 Å². The number of nitrogens with zero attached hydrogens (tertiary/aromatic N) is 3. The Hall–Kier alpha value is -2.81. The summed E-state index contributed by atoms with van der Waals surface area (Å²) in [5, 5.41) is 9.69. The maximum Gasteiger partial charge on any atom is 0.245 e. The van der Waals surface area contributed by atoms with Gasteiger partial charge >= 0.3 is 0 Å². The third-order valence-electron chi connectivity index (χ3n) is 3.92. The molecule has 0 atom stereocenters. The molecule has 7 nitrogen and oxygen atoms in total. The van der Waals surface area contributed by atoms with Crippen LogP contribution in [-0.4, -0.2) is 55.7 Å². The lowest BCUT2D eigenvalue weighted by molar-refractivity contribution is -0.129. The highest BCUT2D eigenvalue weighted by molar-refractivity contribution is 7.89. The van der Waals surface area contributed by atoms with Crippen LogP contribution in [0.2, 0.25) is 0 Å². The van der Waals surface area contributed by atoms with E-state index in [1.165, 1.54) is 18.0 Å². The van der Waals surface area contributed by atoms with Crippen LogP contribution in [0.4, 0.5) is 0 Å². The molecule has 1 N–H and O–H groups in total. The first-order valence-corrected chi connectivity index (χ1v) is 9.28. The SMILES string of the molecule is CC#CCN(C)C(=O)CN(C)S(=O)(=O)c1cc(C)cc2cc(C#N)[nH]c12. The van der Waals surface area contributed by atoms with Crippen LogP contribution in [-0.2, 0) is 14.8 Å². The molecule has 0 radical (unpaired) electrons. The van der Waals surface area contributed by atoms with Crippen LogP contribution in [0.25, 0.3) is 10.9 Å². The fraction of sp³-hybridized carbons (Fsp3) is 0.333. The Labute approximate surface area is 153 Å². The van der Waals surface area contributed by atoms with Crippen LogP contribution >= 0.6 is 0 Å². The molecule has 0 aliphatic carbocycles. The quantitative estimate of drug-likeness (QED) is 0.803. The number of likely N-dealkylation sites (N-methyl/N-ethyl adjacent to an activating group) is 2. The number of H-pyrrole nitrogens is 1. The third kappa shape index (κ3) is 3.88. The minimum Gasteiger partial charge on any atom is -0.345 e. The van der Waals surface area contributed by atoms with Crippen molar-refractivity contribution < 1.29 is 13.2 Å². The van der Waals surface area contributed by atoms with Gasteiger partial charge in [-0.15, -0.1) is 5.92 Å². The van der Waals surface area contributed by atoms with Crippen LogP contribution in [0.5, 0.6) is 0 Å². The van der Waals surface area contributed by atoms with Crippen LogP contribution in [0, 0.1) is 30.1 Å². The first kappa shape index (κ1) is 19.5. The minimum atomic E-state index is -3.92. The molecule has 1 aromatic carbocycles. The van der Waals surface area contributed by atoms with Crippen molar-refractivity contribution >= 4 is 26.8 Å². The van der Waals surface area contributed by atoms with E-state index >= 15 is 0 Å². The summed E-state index contributed by atoms with van der Waals surface area (Å²) >= 11 is 0. The summed E-state index contributed by atoms with van der Waals surface area (Å²) in [4.78, 5) is 16.5. The molecular weight excluding hydrogens is 352 g/mol. The fourth-order valence-corrected chi connectivity index (χ4v) is 3.85. The number of fused-ring (bicyclic) bond motifs is 1. The van der Waals surface area contributed by atoms with Crippen molar-refractivity contribution in [3.05, 3.63) is 29.5 Å². The number of aromatic amines is 1. The number of sulfonamides is 1. The first-order chi connectivity index (χ1) is 12.2. The van der Waals surface area contributed by atoms with Crippen molar-refractivity contribution in [1.82, 2.24) is 14.2 Å². The van der Waals surface area contributed by atoms with E-state index in [0.29, 0.717) is 10.9 Å². The zero-order chi connectivity index (χ0) is 19.5. The molecule has 0 aliphatic heterocycles. The maximum absolute atomic E-state index is 13.0. The van der Waals surface area contributed by atoms with E-state index in [0.717, 1.165) is 9.87 Å². The first-order valence-electron chi connectivity index (χ1n) is 7.84. The van der Waals surface area contributed by atoms with Gasteiger partial charge in [0.15, 0.2) is 0 Å². The molecule has 1 heterocycles. The van der Waals surface area contributed by atoms with Gasteiger partial charge < -0.3 is 9.88 Å². The van der Waals surface area contributed by atoms with Crippen LogP contribution in [0.15, 0.2) is 23.1 Å². The van der Waals surface area contributed by atoms with Gasteiger partial charge in [-0.05, 0) is 37.6 Å². The number of nitriles is 1. The standard InChI is InChI=1S/C18H20N4O3S/c1-5-6-7-21(3)17(23)12-22(4)26(24,25)16-9-13(2)8-14-10-15(11-19)20-18(14)16/h8-10,20H,7,12H2,1-4H3. The summed E-state index contributed by atoms with van der Waals surface area (Å²) in [5.74, 6) is 5.10. The van der Waals surface area contributed by atoms with Gasteiger partial charge in [0.25, 0.3) is 0 Å². The molecule has 0 saturated heterocycles. The maximum atomic E-state index is 13.0. The predicted octanol–water partition coefficient (Wildman–Crippen LogP) is 1.45. The Morgan fingerprint density at radius 3 is 2.58 bits per heavy atom. The van der Waals surface area contributed by atoms with Crippen molar-refractivity contribution in [2.75, 3.05) is 27.2 Å². The minimum absolute atomic E-state index is 0.0419. The number of aryl methyl sites for hydroxylation is 1. The van der Waals surface area contributed by atoms with E-state index in [4.69, 9.17) is 5.26 Å². The Morgan fingerprint density at radius 1 is 1.27 bits per heavy atom. The van der Waals surface area contributed by atoms with E-state index in [-0.39, 0.29) is 29.6 Å². The Balaban J connectivity index is 2.39. The predicted molar refractivity (Wildman–Crippen MR) is 98.7 cm³/mol. The number of aromatic nitrogens is 1. The number of hydrogen-bond donors (Lipinski definition) is 1. The van der Waals surface area contributed by atoms with E-state index in [1.807, 2.05) is 6.07 Å². The van der Waals surface area contributed by atoms with E-state index in [1.54, 1.807) is 33.0 Å². The van der Waals surface area contributed by atoms with E-state index < -0.39 is 10.0 Å². The van der Waals surface area contributed by atoms with Crippen molar-refractivity contribution in [3.8, 4) is 17.9 Å². The molecule has 1 aromatic heterocycles.